The summed E-state index contributed by atoms with van der Waals surface area (Å²) in [6, 6.07) is 14.8. The Bertz CT molecular complexity index is 1190. The van der Waals surface area contributed by atoms with Crippen LogP contribution in [0.4, 0.5) is 5.69 Å². The maximum Gasteiger partial charge on any atom is 0.244 e. The highest BCUT2D eigenvalue weighted by Gasteiger charge is 2.27. The van der Waals surface area contributed by atoms with E-state index < -0.39 is 10.0 Å². The predicted octanol–water partition coefficient (Wildman–Crippen LogP) is 2.92. The fourth-order valence-electron chi connectivity index (χ4n) is 3.72. The fourth-order valence-corrected chi connectivity index (χ4v) is 5.16. The van der Waals surface area contributed by atoms with Crippen molar-refractivity contribution in [1.29, 1.82) is 0 Å². The third-order valence-corrected chi connectivity index (χ3v) is 7.31. The quantitative estimate of drug-likeness (QED) is 0.679. The standard InChI is InChI=1S/C22H25N3O4S/c1-16-7-8-19(30(27,28)24-9-11-29-12-10-24)14-20(16)23-22(26)15-25-17(2)13-18-5-3-4-6-21(18)25/h3-8,13-14H,9-12,15H2,1-2H3,(H,23,26). The number of amides is 1. The molecule has 1 saturated heterocycles. The lowest BCUT2D eigenvalue weighted by Gasteiger charge is -2.26. The summed E-state index contributed by atoms with van der Waals surface area (Å²) in [5.74, 6) is -0.205. The van der Waals surface area contributed by atoms with E-state index >= 15 is 0 Å². The summed E-state index contributed by atoms with van der Waals surface area (Å²) < 4.78 is 34.5. The van der Waals surface area contributed by atoms with Crippen LogP contribution in [0.3, 0.4) is 0 Å². The Balaban J connectivity index is 1.56. The molecule has 1 amide bonds. The molecule has 0 aliphatic carbocycles. The Morgan fingerprint density at radius 1 is 1.07 bits per heavy atom. The average molecular weight is 428 g/mol. The number of hydrogen-bond donors (Lipinski definition) is 1. The number of sulfonamides is 1. The lowest BCUT2D eigenvalue weighted by molar-refractivity contribution is -0.116. The molecule has 1 aliphatic heterocycles. The molecular weight excluding hydrogens is 402 g/mol. The van der Waals surface area contributed by atoms with E-state index in [4.69, 9.17) is 4.74 Å². The molecule has 7 nitrogen and oxygen atoms in total. The molecular formula is C22H25N3O4S. The number of rotatable bonds is 5. The number of fused-ring (bicyclic) bond motifs is 1. The van der Waals surface area contributed by atoms with Crippen LogP contribution < -0.4 is 5.32 Å². The number of aromatic nitrogens is 1. The smallest absolute Gasteiger partial charge is 0.244 e. The van der Waals surface area contributed by atoms with Gasteiger partial charge in [-0.2, -0.15) is 4.31 Å². The average Bonchev–Trinajstić information content (AvgIpc) is 3.05. The second-order valence-electron chi connectivity index (χ2n) is 7.47. The molecule has 2 aromatic carbocycles. The first kappa shape index (κ1) is 20.6. The molecule has 0 bridgehead atoms. The summed E-state index contributed by atoms with van der Waals surface area (Å²) in [4.78, 5) is 13.0. The number of para-hydroxylation sites is 1. The number of morpholine rings is 1. The zero-order valence-corrected chi connectivity index (χ0v) is 17.9. The van der Waals surface area contributed by atoms with E-state index in [-0.39, 0.29) is 17.3 Å². The van der Waals surface area contributed by atoms with Gasteiger partial charge in [0.05, 0.1) is 18.1 Å². The van der Waals surface area contributed by atoms with Gasteiger partial charge in [-0.05, 0) is 49.1 Å². The van der Waals surface area contributed by atoms with Crippen LogP contribution in [0, 0.1) is 13.8 Å². The van der Waals surface area contributed by atoms with Gasteiger partial charge in [0.25, 0.3) is 0 Å². The molecule has 8 heteroatoms. The summed E-state index contributed by atoms with van der Waals surface area (Å²) in [6.07, 6.45) is 0. The first-order valence-electron chi connectivity index (χ1n) is 9.89. The number of benzene rings is 2. The Labute approximate surface area is 176 Å². The number of nitrogens with one attached hydrogen (secondary N) is 1. The Kier molecular flexibility index (Phi) is 5.64. The SMILES string of the molecule is Cc1ccc(S(=O)(=O)N2CCOCC2)cc1NC(=O)Cn1c(C)cc2ccccc21. The van der Waals surface area contributed by atoms with E-state index in [2.05, 4.69) is 5.32 Å². The van der Waals surface area contributed by atoms with E-state index in [1.807, 2.05) is 48.7 Å². The van der Waals surface area contributed by atoms with Crippen molar-refractivity contribution < 1.29 is 17.9 Å². The van der Waals surface area contributed by atoms with Gasteiger partial charge in [0.15, 0.2) is 0 Å². The minimum absolute atomic E-state index is 0.152. The molecule has 2 heterocycles. The van der Waals surface area contributed by atoms with Gasteiger partial charge in [-0.25, -0.2) is 8.42 Å². The van der Waals surface area contributed by atoms with Crippen LogP contribution in [0.5, 0.6) is 0 Å². The number of hydrogen-bond acceptors (Lipinski definition) is 4. The molecule has 0 spiro atoms. The normalized spacial score (nSPS) is 15.4. The third-order valence-electron chi connectivity index (χ3n) is 5.41. The monoisotopic (exact) mass is 427 g/mol. The van der Waals surface area contributed by atoms with Crippen LogP contribution in [0.1, 0.15) is 11.3 Å². The molecule has 30 heavy (non-hydrogen) atoms. The second-order valence-corrected chi connectivity index (χ2v) is 9.41. The summed E-state index contributed by atoms with van der Waals surface area (Å²) in [6.45, 7) is 5.40. The number of carbonyl (C=O) groups is 1. The largest absolute Gasteiger partial charge is 0.379 e. The molecule has 0 atom stereocenters. The first-order valence-corrected chi connectivity index (χ1v) is 11.3. The molecule has 0 radical (unpaired) electrons. The van der Waals surface area contributed by atoms with Crippen molar-refractivity contribution in [3.05, 3.63) is 59.8 Å². The van der Waals surface area contributed by atoms with Gasteiger partial charge < -0.3 is 14.6 Å². The topological polar surface area (TPSA) is 80.6 Å². The van der Waals surface area contributed by atoms with E-state index in [1.54, 1.807) is 18.2 Å². The summed E-state index contributed by atoms with van der Waals surface area (Å²) >= 11 is 0. The van der Waals surface area contributed by atoms with Crippen LogP contribution in [0.2, 0.25) is 0 Å². The Hall–Kier alpha value is -2.68. The number of carbonyl (C=O) groups excluding carboxylic acids is 1. The van der Waals surface area contributed by atoms with Crippen molar-refractivity contribution in [3.63, 3.8) is 0 Å². The van der Waals surface area contributed by atoms with Gasteiger partial charge in [-0.15, -0.1) is 0 Å². The van der Waals surface area contributed by atoms with Gasteiger partial charge in [-0.1, -0.05) is 24.3 Å². The van der Waals surface area contributed by atoms with E-state index in [1.165, 1.54) is 4.31 Å². The van der Waals surface area contributed by atoms with Gasteiger partial charge >= 0.3 is 0 Å². The summed E-state index contributed by atoms with van der Waals surface area (Å²) in [5.41, 5.74) is 3.29. The van der Waals surface area contributed by atoms with E-state index in [0.717, 1.165) is 22.2 Å². The fraction of sp³-hybridized carbons (Fsp3) is 0.318. The van der Waals surface area contributed by atoms with Gasteiger partial charge in [-0.3, -0.25) is 4.79 Å². The molecule has 1 aliphatic rings. The first-order chi connectivity index (χ1) is 14.4. The van der Waals surface area contributed by atoms with E-state index in [0.29, 0.717) is 32.0 Å². The van der Waals surface area contributed by atoms with Crippen molar-refractivity contribution in [2.45, 2.75) is 25.3 Å². The van der Waals surface area contributed by atoms with Crippen molar-refractivity contribution in [2.75, 3.05) is 31.6 Å². The maximum absolute atomic E-state index is 12.9. The van der Waals surface area contributed by atoms with Crippen LogP contribution in [-0.2, 0) is 26.1 Å². The third kappa shape index (κ3) is 3.98. The Morgan fingerprint density at radius 2 is 1.80 bits per heavy atom. The minimum atomic E-state index is -3.63. The van der Waals surface area contributed by atoms with Crippen LogP contribution >= 0.6 is 0 Å². The van der Waals surface area contributed by atoms with Crippen molar-refractivity contribution in [3.8, 4) is 0 Å². The number of ether oxygens (including phenoxy) is 1. The lowest BCUT2D eigenvalue weighted by atomic mass is 10.2. The molecule has 1 N–H and O–H groups in total. The van der Waals surface area contributed by atoms with Crippen molar-refractivity contribution >= 4 is 32.5 Å². The molecule has 0 saturated carbocycles. The molecule has 158 valence electrons. The number of nitrogens with zero attached hydrogens (tertiary/aromatic N) is 2. The summed E-state index contributed by atoms with van der Waals surface area (Å²) in [5, 5.41) is 3.97. The van der Waals surface area contributed by atoms with Crippen LogP contribution in [0.25, 0.3) is 10.9 Å². The summed E-state index contributed by atoms with van der Waals surface area (Å²) in [7, 11) is -3.63. The van der Waals surface area contributed by atoms with Gasteiger partial charge in [0.1, 0.15) is 6.54 Å². The van der Waals surface area contributed by atoms with E-state index in [9.17, 15) is 13.2 Å². The molecule has 3 aromatic rings. The molecule has 1 fully saturated rings. The number of aryl methyl sites for hydroxylation is 2. The van der Waals surface area contributed by atoms with Gasteiger partial charge in [0.2, 0.25) is 15.9 Å². The Morgan fingerprint density at radius 3 is 2.57 bits per heavy atom. The minimum Gasteiger partial charge on any atom is -0.379 e. The van der Waals surface area contributed by atoms with Crippen molar-refractivity contribution in [1.82, 2.24) is 8.87 Å². The molecule has 1 aromatic heterocycles. The van der Waals surface area contributed by atoms with Crippen LogP contribution in [0.15, 0.2) is 53.4 Å². The predicted molar refractivity (Wildman–Crippen MR) is 116 cm³/mol. The van der Waals surface area contributed by atoms with Crippen LogP contribution in [-0.4, -0.2) is 49.5 Å². The zero-order valence-electron chi connectivity index (χ0n) is 17.1. The number of anilines is 1. The highest BCUT2D eigenvalue weighted by atomic mass is 32.2. The molecule has 0 unspecified atom stereocenters. The highest BCUT2D eigenvalue weighted by Crippen LogP contribution is 2.24. The zero-order chi connectivity index (χ0) is 21.3. The lowest BCUT2D eigenvalue weighted by Crippen LogP contribution is -2.40. The molecule has 4 rings (SSSR count). The van der Waals surface area contributed by atoms with Crippen molar-refractivity contribution in [2.24, 2.45) is 0 Å². The second kappa shape index (κ2) is 8.22. The maximum atomic E-state index is 12.9. The van der Waals surface area contributed by atoms with Gasteiger partial charge in [0, 0.05) is 30.0 Å². The highest BCUT2D eigenvalue weighted by molar-refractivity contribution is 7.89.